The number of ether oxygens (including phenoxy) is 1. The van der Waals surface area contributed by atoms with Crippen LogP contribution in [0, 0.1) is 11.3 Å². The van der Waals surface area contributed by atoms with Crippen molar-refractivity contribution in [1.29, 1.82) is 5.26 Å². The fourth-order valence-electron chi connectivity index (χ4n) is 7.73. The smallest absolute Gasteiger partial charge is 0.219 e. The summed E-state index contributed by atoms with van der Waals surface area (Å²) in [6, 6.07) is 6.39. The molecular formula is C33H34N10O2S. The lowest BCUT2D eigenvalue weighted by Crippen LogP contribution is -2.38. The molecule has 5 aromatic rings. The van der Waals surface area contributed by atoms with Crippen LogP contribution >= 0.6 is 11.3 Å². The first kappa shape index (κ1) is 28.8. The molecule has 12 nitrogen and oxygen atoms in total. The molecule has 0 bridgehead atoms. The summed E-state index contributed by atoms with van der Waals surface area (Å²) in [5.41, 5.74) is 10.5. The van der Waals surface area contributed by atoms with Gasteiger partial charge in [0.05, 0.1) is 17.2 Å². The molecule has 0 radical (unpaired) electrons. The lowest BCUT2D eigenvalue weighted by Gasteiger charge is -2.39. The number of likely N-dealkylation sites (N-methyl/N-ethyl adjacent to an activating group) is 1. The Morgan fingerprint density at radius 3 is 2.83 bits per heavy atom. The van der Waals surface area contributed by atoms with Crippen LogP contribution in [0.15, 0.2) is 41.4 Å². The van der Waals surface area contributed by atoms with Gasteiger partial charge in [0, 0.05) is 41.1 Å². The number of thiophene rings is 1. The largest absolute Gasteiger partial charge is 0.473 e. The van der Waals surface area contributed by atoms with Gasteiger partial charge in [0.2, 0.25) is 5.88 Å². The van der Waals surface area contributed by atoms with Gasteiger partial charge in [-0.1, -0.05) is 5.16 Å². The van der Waals surface area contributed by atoms with E-state index >= 15 is 0 Å². The normalized spacial score (nSPS) is 21.5. The first-order valence-electron chi connectivity index (χ1n) is 15.8. The zero-order valence-corrected chi connectivity index (χ0v) is 26.6. The molecule has 1 spiro atoms. The van der Waals surface area contributed by atoms with Gasteiger partial charge in [0.15, 0.2) is 23.1 Å². The number of anilines is 1. The van der Waals surface area contributed by atoms with Crippen molar-refractivity contribution in [3.05, 3.63) is 64.2 Å². The van der Waals surface area contributed by atoms with E-state index in [2.05, 4.69) is 40.1 Å². The summed E-state index contributed by atoms with van der Waals surface area (Å²) in [5, 5.41) is 20.1. The van der Waals surface area contributed by atoms with Crippen molar-refractivity contribution in [1.82, 2.24) is 39.8 Å². The third-order valence-electron chi connectivity index (χ3n) is 9.83. The van der Waals surface area contributed by atoms with E-state index in [9.17, 15) is 5.26 Å². The van der Waals surface area contributed by atoms with E-state index in [0.717, 1.165) is 74.8 Å². The van der Waals surface area contributed by atoms with Crippen molar-refractivity contribution in [2.45, 2.75) is 75.9 Å². The zero-order chi connectivity index (χ0) is 31.4. The maximum Gasteiger partial charge on any atom is 0.219 e. The first-order valence-corrected chi connectivity index (χ1v) is 16.7. The zero-order valence-electron chi connectivity index (χ0n) is 25.8. The second kappa shape index (κ2) is 11.3. The van der Waals surface area contributed by atoms with E-state index < -0.39 is 5.41 Å². The lowest BCUT2D eigenvalue weighted by molar-refractivity contribution is 0.117. The molecule has 234 valence electrons. The van der Waals surface area contributed by atoms with Gasteiger partial charge < -0.3 is 15.0 Å². The molecule has 5 aromatic heterocycles. The van der Waals surface area contributed by atoms with Gasteiger partial charge in [-0.05, 0) is 83.5 Å². The van der Waals surface area contributed by atoms with Crippen LogP contribution in [0.2, 0.25) is 0 Å². The van der Waals surface area contributed by atoms with Gasteiger partial charge in [-0.3, -0.25) is 14.9 Å². The highest BCUT2D eigenvalue weighted by Gasteiger charge is 2.49. The highest BCUT2D eigenvalue weighted by molar-refractivity contribution is 7.16. The molecule has 8 rings (SSSR count). The Balaban J connectivity index is 1.23. The topological polar surface area (TPSA) is 158 Å². The van der Waals surface area contributed by atoms with Crippen LogP contribution in [-0.2, 0) is 18.3 Å². The minimum Gasteiger partial charge on any atom is -0.473 e. The second-order valence-corrected chi connectivity index (χ2v) is 13.7. The second-order valence-electron chi connectivity index (χ2n) is 12.5. The van der Waals surface area contributed by atoms with E-state index in [-0.39, 0.29) is 6.10 Å². The molecule has 0 amide bonds. The maximum absolute atomic E-state index is 10.1. The minimum atomic E-state index is -0.433. The number of nitrogens with zero attached hydrogens (tertiary/aromatic N) is 9. The first-order chi connectivity index (χ1) is 22.4. The molecule has 2 aliphatic carbocycles. The molecule has 13 heteroatoms. The standard InChI is InChI=1S/C33H34N10O2S/c1-19(24-7-5-14-42(24)2)44-27-16-26(43-15-9-22(40-43)23-18-36-12-13-37-23)38-32(39-27)29-20-6-3-10-33(30(20)45-41-29)11-4-8-25-28(33)21(17-34)31(35)46-25/h9,12-13,15-16,18-19,24H,3-8,10-11,14,35H2,1-2H3/t19-,24-,33-/m0/s1. The number of likely N-dealkylation sites (tertiary alicyclic amines) is 1. The lowest BCUT2D eigenvalue weighted by atomic mass is 9.63. The molecule has 3 atom stereocenters. The van der Waals surface area contributed by atoms with Crippen molar-refractivity contribution in [3.63, 3.8) is 0 Å². The minimum absolute atomic E-state index is 0.0838. The summed E-state index contributed by atoms with van der Waals surface area (Å²) >= 11 is 1.54. The number of nitrogens with two attached hydrogens (primary N) is 1. The molecular weight excluding hydrogens is 600 g/mol. The summed E-state index contributed by atoms with van der Waals surface area (Å²) in [6.45, 7) is 3.14. The van der Waals surface area contributed by atoms with E-state index in [1.54, 1.807) is 23.3 Å². The Labute approximate surface area is 270 Å². The van der Waals surface area contributed by atoms with Crippen LogP contribution in [0.4, 0.5) is 5.00 Å². The van der Waals surface area contributed by atoms with E-state index in [0.29, 0.717) is 51.2 Å². The molecule has 3 aliphatic rings. The molecule has 2 N–H and O–H groups in total. The van der Waals surface area contributed by atoms with Crippen LogP contribution in [0.5, 0.6) is 5.88 Å². The maximum atomic E-state index is 10.1. The van der Waals surface area contributed by atoms with Crippen molar-refractivity contribution in [2.75, 3.05) is 19.3 Å². The number of nitriles is 1. The van der Waals surface area contributed by atoms with Crippen molar-refractivity contribution < 1.29 is 9.26 Å². The van der Waals surface area contributed by atoms with Gasteiger partial charge in [0.25, 0.3) is 0 Å². The molecule has 46 heavy (non-hydrogen) atoms. The average Bonchev–Trinajstić information content (AvgIpc) is 3.87. The number of hydrogen-bond donors (Lipinski definition) is 1. The fraction of sp³-hybridized carbons (Fsp3) is 0.424. The average molecular weight is 635 g/mol. The summed E-state index contributed by atoms with van der Waals surface area (Å²) in [5.74, 6) is 2.22. The fourth-order valence-corrected chi connectivity index (χ4v) is 8.89. The summed E-state index contributed by atoms with van der Waals surface area (Å²) in [4.78, 5) is 22.0. The van der Waals surface area contributed by atoms with Crippen molar-refractivity contribution >= 4 is 16.3 Å². The molecule has 6 heterocycles. The summed E-state index contributed by atoms with van der Waals surface area (Å²) in [7, 11) is 2.14. The van der Waals surface area contributed by atoms with Crippen molar-refractivity contribution in [3.8, 4) is 40.7 Å². The van der Waals surface area contributed by atoms with Crippen LogP contribution in [0.3, 0.4) is 0 Å². The molecule has 0 saturated carbocycles. The van der Waals surface area contributed by atoms with Gasteiger partial charge >= 0.3 is 0 Å². The van der Waals surface area contributed by atoms with Crippen molar-refractivity contribution in [2.24, 2.45) is 0 Å². The Hall–Kier alpha value is -4.67. The third kappa shape index (κ3) is 4.66. The summed E-state index contributed by atoms with van der Waals surface area (Å²) < 4.78 is 14.5. The predicted octanol–water partition coefficient (Wildman–Crippen LogP) is 5.11. The highest BCUT2D eigenvalue weighted by atomic mass is 32.1. The van der Waals surface area contributed by atoms with Gasteiger partial charge in [-0.2, -0.15) is 15.3 Å². The van der Waals surface area contributed by atoms with E-state index in [1.807, 2.05) is 18.3 Å². The van der Waals surface area contributed by atoms with Crippen LogP contribution in [0.25, 0.3) is 28.7 Å². The molecule has 0 unspecified atom stereocenters. The number of fused-ring (bicyclic) bond motifs is 4. The van der Waals surface area contributed by atoms with E-state index in [1.165, 1.54) is 16.2 Å². The third-order valence-corrected chi connectivity index (χ3v) is 10.9. The van der Waals surface area contributed by atoms with Gasteiger partial charge in [0.1, 0.15) is 28.6 Å². The molecule has 1 aliphatic heterocycles. The molecule has 1 saturated heterocycles. The number of nitrogen functional groups attached to an aromatic ring is 1. The Morgan fingerprint density at radius 1 is 1.17 bits per heavy atom. The number of aromatic nitrogens is 7. The SMILES string of the molecule is C[C@H](Oc1cc(-n2ccc(-c3cnccn3)n2)nc(-c2noc3c2CCC[C@@]32CCCc3sc(N)c(C#N)c32)n1)[C@@H]1CCCN1C. The number of hydrogen-bond acceptors (Lipinski definition) is 12. The number of aryl methyl sites for hydroxylation is 1. The van der Waals surface area contributed by atoms with Crippen LogP contribution in [-0.4, -0.2) is 65.5 Å². The predicted molar refractivity (Wildman–Crippen MR) is 172 cm³/mol. The Morgan fingerprint density at radius 2 is 2.04 bits per heavy atom. The molecule has 1 fully saturated rings. The molecule has 0 aromatic carbocycles. The summed E-state index contributed by atoms with van der Waals surface area (Å²) in [6.07, 6.45) is 14.3. The highest BCUT2D eigenvalue weighted by Crippen LogP contribution is 2.55. The Kier molecular flexibility index (Phi) is 7.06. The van der Waals surface area contributed by atoms with E-state index in [4.69, 9.17) is 30.1 Å². The van der Waals surface area contributed by atoms with Gasteiger partial charge in [-0.15, -0.1) is 11.3 Å². The van der Waals surface area contributed by atoms with Crippen LogP contribution in [0.1, 0.15) is 72.8 Å². The van der Waals surface area contributed by atoms with Crippen LogP contribution < -0.4 is 10.5 Å². The van der Waals surface area contributed by atoms with Gasteiger partial charge in [-0.25, -0.2) is 9.67 Å². The quantitative estimate of drug-likeness (QED) is 0.265. The number of rotatable bonds is 6. The Bertz CT molecular complexity index is 1960. The monoisotopic (exact) mass is 634 g/mol.